The van der Waals surface area contributed by atoms with Gasteiger partial charge in [0.05, 0.1) is 21.7 Å². The zero-order valence-corrected chi connectivity index (χ0v) is 14.3. The number of carbonyl (C=O) groups is 1. The highest BCUT2D eigenvalue weighted by Gasteiger charge is 2.25. The lowest BCUT2D eigenvalue weighted by atomic mass is 10.1. The molecule has 0 bridgehead atoms. The van der Waals surface area contributed by atoms with Crippen molar-refractivity contribution in [3.63, 3.8) is 0 Å². The van der Waals surface area contributed by atoms with E-state index in [-0.39, 0.29) is 11.3 Å². The van der Waals surface area contributed by atoms with Gasteiger partial charge in [-0.25, -0.2) is 9.18 Å². The van der Waals surface area contributed by atoms with Gasteiger partial charge in [-0.05, 0) is 60.2 Å². The van der Waals surface area contributed by atoms with Crippen LogP contribution in [0.1, 0.15) is 21.5 Å². The molecule has 2 aromatic rings. The Morgan fingerprint density at radius 3 is 2.52 bits per heavy atom. The van der Waals surface area contributed by atoms with Crippen molar-refractivity contribution in [2.24, 2.45) is 0 Å². The maximum absolute atomic E-state index is 14.5. The van der Waals surface area contributed by atoms with Gasteiger partial charge in [0.1, 0.15) is 0 Å². The molecule has 0 atom stereocenters. The monoisotopic (exact) mass is 430 g/mol. The Balaban J connectivity index is 2.63. The maximum atomic E-state index is 14.5. The van der Waals surface area contributed by atoms with Crippen molar-refractivity contribution < 1.29 is 19.2 Å². The van der Waals surface area contributed by atoms with Crippen molar-refractivity contribution in [1.82, 2.24) is 0 Å². The summed E-state index contributed by atoms with van der Waals surface area (Å²) in [7, 11) is 0. The van der Waals surface area contributed by atoms with Crippen LogP contribution in [0.25, 0.3) is 0 Å². The van der Waals surface area contributed by atoms with Gasteiger partial charge in [0.2, 0.25) is 0 Å². The fourth-order valence-corrected chi connectivity index (χ4v) is 2.76. The molecule has 0 aromatic heterocycles. The Morgan fingerprint density at radius 1 is 1.35 bits per heavy atom. The molecule has 23 heavy (non-hydrogen) atoms. The van der Waals surface area contributed by atoms with Gasteiger partial charge in [-0.1, -0.05) is 0 Å². The van der Waals surface area contributed by atoms with E-state index in [2.05, 4.69) is 27.9 Å². The minimum atomic E-state index is -1.45. The van der Waals surface area contributed by atoms with E-state index >= 15 is 0 Å². The highest BCUT2D eigenvalue weighted by Crippen LogP contribution is 2.33. The zero-order chi connectivity index (χ0) is 17.3. The van der Waals surface area contributed by atoms with Gasteiger partial charge in [-0.2, -0.15) is 0 Å². The highest BCUT2D eigenvalue weighted by atomic mass is 127. The Hall–Kier alpha value is -2.23. The van der Waals surface area contributed by atoms with E-state index < -0.39 is 28.0 Å². The van der Waals surface area contributed by atoms with E-state index in [1.165, 1.54) is 6.92 Å². The lowest BCUT2D eigenvalue weighted by Gasteiger charge is -2.14. The first-order chi connectivity index (χ1) is 10.7. The van der Waals surface area contributed by atoms with Crippen LogP contribution in [0, 0.1) is 33.3 Å². The van der Waals surface area contributed by atoms with Gasteiger partial charge in [0, 0.05) is 15.3 Å². The molecule has 0 amide bonds. The SMILES string of the molecule is Cc1cc(I)ccc1Nc1c(C(=O)O)cc([N+](=O)[O-])c(C)c1F. The van der Waals surface area contributed by atoms with E-state index in [1.54, 1.807) is 19.1 Å². The molecule has 0 aliphatic heterocycles. The number of aromatic carboxylic acids is 1. The van der Waals surface area contributed by atoms with Crippen LogP contribution in [0.15, 0.2) is 24.3 Å². The van der Waals surface area contributed by atoms with Gasteiger partial charge in [-0.15, -0.1) is 0 Å². The van der Waals surface area contributed by atoms with Crippen molar-refractivity contribution >= 4 is 45.6 Å². The van der Waals surface area contributed by atoms with Crippen LogP contribution in [0.2, 0.25) is 0 Å². The van der Waals surface area contributed by atoms with Gasteiger partial charge in [0.15, 0.2) is 5.82 Å². The molecule has 120 valence electrons. The first-order valence-corrected chi connectivity index (χ1v) is 7.54. The number of carboxylic acid groups (broad SMARTS) is 1. The first-order valence-electron chi connectivity index (χ1n) is 6.46. The molecular formula is C15H12FIN2O4. The third-order valence-electron chi connectivity index (χ3n) is 3.36. The minimum absolute atomic E-state index is 0.217. The largest absolute Gasteiger partial charge is 0.478 e. The molecular weight excluding hydrogens is 418 g/mol. The summed E-state index contributed by atoms with van der Waals surface area (Å²) >= 11 is 2.12. The van der Waals surface area contributed by atoms with E-state index in [4.69, 9.17) is 0 Å². The van der Waals surface area contributed by atoms with Crippen LogP contribution in [0.3, 0.4) is 0 Å². The van der Waals surface area contributed by atoms with Crippen LogP contribution < -0.4 is 5.32 Å². The molecule has 0 unspecified atom stereocenters. The summed E-state index contributed by atoms with van der Waals surface area (Å²) in [6.07, 6.45) is 0. The smallest absolute Gasteiger partial charge is 0.338 e. The van der Waals surface area contributed by atoms with E-state index in [0.717, 1.165) is 15.2 Å². The second-order valence-electron chi connectivity index (χ2n) is 4.90. The molecule has 0 saturated carbocycles. The number of nitro groups is 1. The molecule has 0 spiro atoms. The zero-order valence-electron chi connectivity index (χ0n) is 12.2. The molecule has 2 rings (SSSR count). The molecule has 0 saturated heterocycles. The van der Waals surface area contributed by atoms with E-state index in [0.29, 0.717) is 5.69 Å². The Morgan fingerprint density at radius 2 is 2.00 bits per heavy atom. The number of nitrogens with zero attached hydrogens (tertiary/aromatic N) is 1. The van der Waals surface area contributed by atoms with Crippen LogP contribution in [0.5, 0.6) is 0 Å². The van der Waals surface area contributed by atoms with Gasteiger partial charge < -0.3 is 10.4 Å². The van der Waals surface area contributed by atoms with Crippen molar-refractivity contribution in [3.8, 4) is 0 Å². The third kappa shape index (κ3) is 3.41. The van der Waals surface area contributed by atoms with Crippen LogP contribution in [-0.2, 0) is 0 Å². The van der Waals surface area contributed by atoms with Crippen molar-refractivity contribution in [3.05, 3.63) is 60.5 Å². The number of nitrogens with one attached hydrogen (secondary N) is 1. The van der Waals surface area contributed by atoms with E-state index in [9.17, 15) is 24.4 Å². The lowest BCUT2D eigenvalue weighted by Crippen LogP contribution is -2.09. The number of benzene rings is 2. The first kappa shape index (κ1) is 17.1. The van der Waals surface area contributed by atoms with Crippen LogP contribution in [-0.4, -0.2) is 16.0 Å². The molecule has 8 heteroatoms. The summed E-state index contributed by atoms with van der Waals surface area (Å²) in [5, 5.41) is 22.9. The Labute approximate surface area is 144 Å². The van der Waals surface area contributed by atoms with E-state index in [1.807, 2.05) is 6.07 Å². The standard InChI is InChI=1S/C15H12FIN2O4/c1-7-5-9(17)3-4-11(7)18-14-10(15(20)21)6-12(19(22)23)8(2)13(14)16/h3-6,18H,1-2H3,(H,20,21). The predicted octanol–water partition coefficient (Wildman–Crippen LogP) is 4.40. The van der Waals surface area contributed by atoms with Crippen LogP contribution in [0.4, 0.5) is 21.5 Å². The molecule has 0 fully saturated rings. The average molecular weight is 430 g/mol. The highest BCUT2D eigenvalue weighted by molar-refractivity contribution is 14.1. The van der Waals surface area contributed by atoms with Crippen molar-refractivity contribution in [2.45, 2.75) is 13.8 Å². The molecule has 0 aliphatic rings. The fraction of sp³-hybridized carbons (Fsp3) is 0.133. The fourth-order valence-electron chi connectivity index (χ4n) is 2.12. The number of halogens is 2. The van der Waals surface area contributed by atoms with Crippen LogP contribution >= 0.6 is 22.6 Å². The topological polar surface area (TPSA) is 92.5 Å². The molecule has 2 N–H and O–H groups in total. The maximum Gasteiger partial charge on any atom is 0.338 e. The lowest BCUT2D eigenvalue weighted by molar-refractivity contribution is -0.385. The molecule has 0 radical (unpaired) electrons. The molecule has 0 heterocycles. The molecule has 6 nitrogen and oxygen atoms in total. The summed E-state index contributed by atoms with van der Waals surface area (Å²) < 4.78 is 15.5. The summed E-state index contributed by atoms with van der Waals surface area (Å²) in [5.74, 6) is -2.40. The summed E-state index contributed by atoms with van der Waals surface area (Å²) in [6.45, 7) is 3.03. The number of aryl methyl sites for hydroxylation is 1. The van der Waals surface area contributed by atoms with Crippen molar-refractivity contribution in [1.29, 1.82) is 0 Å². The predicted molar refractivity (Wildman–Crippen MR) is 91.9 cm³/mol. The Bertz CT molecular complexity index is 824. The quantitative estimate of drug-likeness (QED) is 0.426. The third-order valence-corrected chi connectivity index (χ3v) is 4.03. The summed E-state index contributed by atoms with van der Waals surface area (Å²) in [5.41, 5.74) is -0.234. The second kappa shape index (κ2) is 6.49. The molecule has 0 aliphatic carbocycles. The number of hydrogen-bond acceptors (Lipinski definition) is 4. The molecule has 2 aromatic carbocycles. The summed E-state index contributed by atoms with van der Waals surface area (Å²) in [6, 6.07) is 6.19. The second-order valence-corrected chi connectivity index (χ2v) is 6.15. The number of nitro benzene ring substituents is 1. The van der Waals surface area contributed by atoms with Gasteiger partial charge >= 0.3 is 5.97 Å². The average Bonchev–Trinajstić information content (AvgIpc) is 2.45. The Kier molecular flexibility index (Phi) is 4.83. The number of anilines is 2. The number of rotatable bonds is 4. The van der Waals surface area contributed by atoms with Crippen molar-refractivity contribution in [2.75, 3.05) is 5.32 Å². The number of hydrogen-bond donors (Lipinski definition) is 2. The summed E-state index contributed by atoms with van der Waals surface area (Å²) in [4.78, 5) is 21.5. The van der Waals surface area contributed by atoms with Gasteiger partial charge in [-0.3, -0.25) is 10.1 Å². The van der Waals surface area contributed by atoms with Gasteiger partial charge in [0.25, 0.3) is 5.69 Å². The minimum Gasteiger partial charge on any atom is -0.478 e. The number of carboxylic acids is 1. The normalized spacial score (nSPS) is 10.4.